The van der Waals surface area contributed by atoms with Crippen molar-refractivity contribution in [2.45, 2.75) is 20.8 Å². The highest BCUT2D eigenvalue weighted by Gasteiger charge is 2.18. The number of carbonyl (C=O) groups excluding carboxylic acids is 1. The van der Waals surface area contributed by atoms with E-state index >= 15 is 0 Å². The maximum absolute atomic E-state index is 12.7. The Morgan fingerprint density at radius 1 is 0.900 bits per heavy atom. The predicted molar refractivity (Wildman–Crippen MR) is 115 cm³/mol. The van der Waals surface area contributed by atoms with E-state index in [1.54, 1.807) is 37.4 Å². The van der Waals surface area contributed by atoms with E-state index in [2.05, 4.69) is 10.5 Å². The number of nitrogens with zero attached hydrogens (tertiary/aromatic N) is 1. The molecule has 0 fully saturated rings. The van der Waals surface area contributed by atoms with Gasteiger partial charge in [0.15, 0.2) is 23.0 Å². The quantitative estimate of drug-likeness (QED) is 0.444. The monoisotopic (exact) mass is 416 g/mol. The normalized spacial score (nSPS) is 10.6. The largest absolute Gasteiger partial charge is 0.493 e. The zero-order valence-electron chi connectivity index (χ0n) is 18.0. The van der Waals surface area contributed by atoms with Gasteiger partial charge >= 0.3 is 0 Å². The van der Waals surface area contributed by atoms with E-state index in [0.29, 0.717) is 59.7 Å². The fourth-order valence-electron chi connectivity index (χ4n) is 2.76. The van der Waals surface area contributed by atoms with Crippen LogP contribution in [0.3, 0.4) is 0 Å². The standard InChI is InChI=1S/C22H28N2O6/c1-6-28-18-12-16(13-19(29-7-2)21(18)30-8-3)22(25)24-23-14-15-10-9-11-17(26-4)20(15)27-5/h9-14H,6-8H2,1-5H3,(H,24,25)/b23-14+. The molecule has 8 nitrogen and oxygen atoms in total. The summed E-state index contributed by atoms with van der Waals surface area (Å²) in [4.78, 5) is 12.7. The zero-order valence-corrected chi connectivity index (χ0v) is 18.0. The van der Waals surface area contributed by atoms with Crippen molar-refractivity contribution >= 4 is 12.1 Å². The lowest BCUT2D eigenvalue weighted by atomic mass is 10.1. The first kappa shape index (κ1) is 22.9. The van der Waals surface area contributed by atoms with Crippen LogP contribution in [-0.2, 0) is 0 Å². The highest BCUT2D eigenvalue weighted by Crippen LogP contribution is 2.39. The van der Waals surface area contributed by atoms with Crippen molar-refractivity contribution in [1.29, 1.82) is 0 Å². The Labute approximate surface area is 176 Å². The minimum atomic E-state index is -0.418. The Kier molecular flexibility index (Phi) is 8.80. The number of nitrogens with one attached hydrogen (secondary N) is 1. The summed E-state index contributed by atoms with van der Waals surface area (Å²) in [5.41, 5.74) is 3.50. The maximum Gasteiger partial charge on any atom is 0.271 e. The zero-order chi connectivity index (χ0) is 21.9. The minimum Gasteiger partial charge on any atom is -0.493 e. The second kappa shape index (κ2) is 11.5. The third-order valence-corrected chi connectivity index (χ3v) is 3.97. The number of carbonyl (C=O) groups is 1. The number of methoxy groups -OCH3 is 2. The lowest BCUT2D eigenvalue weighted by molar-refractivity contribution is 0.0954. The fourth-order valence-corrected chi connectivity index (χ4v) is 2.76. The highest BCUT2D eigenvalue weighted by atomic mass is 16.5. The fraction of sp³-hybridized carbons (Fsp3) is 0.364. The molecule has 0 unspecified atom stereocenters. The van der Waals surface area contributed by atoms with E-state index in [4.69, 9.17) is 23.7 Å². The second-order valence-electron chi connectivity index (χ2n) is 5.88. The summed E-state index contributed by atoms with van der Waals surface area (Å²) in [5.74, 6) is 2.03. The summed E-state index contributed by atoms with van der Waals surface area (Å²) < 4.78 is 27.6. The van der Waals surface area contributed by atoms with Crippen molar-refractivity contribution < 1.29 is 28.5 Å². The van der Waals surface area contributed by atoms with E-state index in [-0.39, 0.29) is 0 Å². The van der Waals surface area contributed by atoms with Crippen molar-refractivity contribution in [3.63, 3.8) is 0 Å². The average Bonchev–Trinajstić information content (AvgIpc) is 2.75. The molecule has 0 aromatic heterocycles. The maximum atomic E-state index is 12.7. The number of hydrogen-bond donors (Lipinski definition) is 1. The smallest absolute Gasteiger partial charge is 0.271 e. The van der Waals surface area contributed by atoms with Gasteiger partial charge in [-0.1, -0.05) is 6.07 Å². The van der Waals surface area contributed by atoms with Crippen LogP contribution in [0.4, 0.5) is 0 Å². The molecule has 1 N–H and O–H groups in total. The first-order valence-electron chi connectivity index (χ1n) is 9.70. The molecule has 0 aliphatic rings. The summed E-state index contributed by atoms with van der Waals surface area (Å²) in [5, 5.41) is 4.04. The van der Waals surface area contributed by atoms with Gasteiger partial charge in [-0.05, 0) is 45.0 Å². The summed E-state index contributed by atoms with van der Waals surface area (Å²) in [6, 6.07) is 8.59. The molecule has 30 heavy (non-hydrogen) atoms. The van der Waals surface area contributed by atoms with Gasteiger partial charge in [0.25, 0.3) is 5.91 Å². The molecule has 0 heterocycles. The van der Waals surface area contributed by atoms with E-state index in [9.17, 15) is 4.79 Å². The molecule has 2 rings (SSSR count). The molecule has 0 spiro atoms. The van der Waals surface area contributed by atoms with Gasteiger partial charge in [-0.3, -0.25) is 4.79 Å². The van der Waals surface area contributed by atoms with E-state index in [1.807, 2.05) is 20.8 Å². The Hall–Kier alpha value is -3.42. The van der Waals surface area contributed by atoms with Crippen molar-refractivity contribution in [2.24, 2.45) is 5.10 Å². The number of amides is 1. The van der Waals surface area contributed by atoms with E-state index in [1.165, 1.54) is 13.3 Å². The number of rotatable bonds is 11. The number of ether oxygens (including phenoxy) is 5. The molecule has 0 atom stereocenters. The Morgan fingerprint density at radius 2 is 1.53 bits per heavy atom. The molecule has 0 aliphatic heterocycles. The molecule has 2 aromatic carbocycles. The molecule has 2 aromatic rings. The first-order valence-corrected chi connectivity index (χ1v) is 9.70. The lowest BCUT2D eigenvalue weighted by Gasteiger charge is -2.16. The molecule has 8 heteroatoms. The van der Waals surface area contributed by atoms with Crippen LogP contribution in [0.1, 0.15) is 36.7 Å². The molecule has 1 amide bonds. The molecule has 0 radical (unpaired) electrons. The van der Waals surface area contributed by atoms with Crippen molar-refractivity contribution in [1.82, 2.24) is 5.43 Å². The highest BCUT2D eigenvalue weighted by molar-refractivity contribution is 5.96. The van der Waals surface area contributed by atoms with Crippen molar-refractivity contribution in [3.8, 4) is 28.7 Å². The van der Waals surface area contributed by atoms with Crippen LogP contribution in [-0.4, -0.2) is 46.2 Å². The number of hydrogen-bond acceptors (Lipinski definition) is 7. The predicted octanol–water partition coefficient (Wildman–Crippen LogP) is 3.66. The van der Waals surface area contributed by atoms with Crippen LogP contribution >= 0.6 is 0 Å². The van der Waals surface area contributed by atoms with Gasteiger partial charge < -0.3 is 23.7 Å². The first-order chi connectivity index (χ1) is 14.6. The Morgan fingerprint density at radius 3 is 2.07 bits per heavy atom. The van der Waals surface area contributed by atoms with Gasteiger partial charge in [-0.2, -0.15) is 5.10 Å². The molecule has 0 saturated carbocycles. The van der Waals surface area contributed by atoms with Gasteiger partial charge in [0.2, 0.25) is 5.75 Å². The van der Waals surface area contributed by atoms with E-state index in [0.717, 1.165) is 0 Å². The van der Waals surface area contributed by atoms with Crippen LogP contribution < -0.4 is 29.1 Å². The van der Waals surface area contributed by atoms with Crippen molar-refractivity contribution in [2.75, 3.05) is 34.0 Å². The van der Waals surface area contributed by atoms with Crippen LogP contribution in [0.5, 0.6) is 28.7 Å². The molecule has 0 bridgehead atoms. The van der Waals surface area contributed by atoms with Gasteiger partial charge in [-0.25, -0.2) is 5.43 Å². The third-order valence-electron chi connectivity index (χ3n) is 3.97. The van der Waals surface area contributed by atoms with Gasteiger partial charge in [0, 0.05) is 11.1 Å². The molecule has 0 saturated heterocycles. The number of para-hydroxylation sites is 1. The molecular formula is C22H28N2O6. The second-order valence-corrected chi connectivity index (χ2v) is 5.88. The summed E-state index contributed by atoms with van der Waals surface area (Å²) in [6.07, 6.45) is 1.49. The number of hydrazone groups is 1. The molecule has 0 aliphatic carbocycles. The van der Waals surface area contributed by atoms with Crippen LogP contribution in [0, 0.1) is 0 Å². The van der Waals surface area contributed by atoms with E-state index < -0.39 is 5.91 Å². The number of benzene rings is 2. The lowest BCUT2D eigenvalue weighted by Crippen LogP contribution is -2.18. The average molecular weight is 416 g/mol. The Balaban J connectivity index is 2.27. The molecular weight excluding hydrogens is 388 g/mol. The topological polar surface area (TPSA) is 87.6 Å². The van der Waals surface area contributed by atoms with Gasteiger partial charge in [-0.15, -0.1) is 0 Å². The van der Waals surface area contributed by atoms with Gasteiger partial charge in [0.1, 0.15) is 0 Å². The minimum absolute atomic E-state index is 0.333. The third kappa shape index (κ3) is 5.56. The summed E-state index contributed by atoms with van der Waals surface area (Å²) in [6.45, 7) is 6.87. The SMILES string of the molecule is CCOc1cc(C(=O)N/N=C/c2cccc(OC)c2OC)cc(OCC)c1OCC. The van der Waals surface area contributed by atoms with Crippen molar-refractivity contribution in [3.05, 3.63) is 41.5 Å². The van der Waals surface area contributed by atoms with Crippen LogP contribution in [0.25, 0.3) is 0 Å². The summed E-state index contributed by atoms with van der Waals surface area (Å²) in [7, 11) is 3.09. The van der Waals surface area contributed by atoms with Crippen LogP contribution in [0.15, 0.2) is 35.4 Å². The van der Waals surface area contributed by atoms with Gasteiger partial charge in [0.05, 0.1) is 40.3 Å². The summed E-state index contributed by atoms with van der Waals surface area (Å²) >= 11 is 0. The Bertz CT molecular complexity index is 855. The van der Waals surface area contributed by atoms with Crippen LogP contribution in [0.2, 0.25) is 0 Å². The molecule has 162 valence electrons.